The first-order chi connectivity index (χ1) is 8.49. The molecule has 1 aliphatic rings. The molecule has 2 atom stereocenters. The zero-order chi connectivity index (χ0) is 13.7. The van der Waals surface area contributed by atoms with Crippen molar-refractivity contribution in [2.75, 3.05) is 18.4 Å². The van der Waals surface area contributed by atoms with E-state index in [1.807, 2.05) is 6.92 Å². The molecule has 4 N–H and O–H groups in total. The van der Waals surface area contributed by atoms with Crippen LogP contribution in [0.25, 0.3) is 0 Å². The molecule has 18 heavy (non-hydrogen) atoms. The minimum Gasteiger partial charge on any atom is -0.355 e. The summed E-state index contributed by atoms with van der Waals surface area (Å²) in [6.07, 6.45) is 0.959. The standard InChI is InChI=1S/C11H18BrN3O3/c1-2-8(11(13)18)15-6-7(3-10(15)17)5-14-9(16)4-12/h7-8H,2-6H2,1H3,(H2,13,18)(H,14,16)/p+1. The van der Waals surface area contributed by atoms with Gasteiger partial charge in [0.25, 0.3) is 0 Å². The van der Waals surface area contributed by atoms with E-state index in [2.05, 4.69) is 27.0 Å². The van der Waals surface area contributed by atoms with Gasteiger partial charge in [-0.1, -0.05) is 22.9 Å². The van der Waals surface area contributed by atoms with Crippen molar-refractivity contribution in [1.82, 2.24) is 10.2 Å². The van der Waals surface area contributed by atoms with Crippen LogP contribution >= 0.6 is 15.9 Å². The first-order valence-electron chi connectivity index (χ1n) is 5.97. The normalized spacial score (nSPS) is 20.9. The Morgan fingerprint density at radius 1 is 1.61 bits per heavy atom. The number of quaternary nitrogens is 1. The van der Waals surface area contributed by atoms with Crippen molar-refractivity contribution in [2.24, 2.45) is 5.92 Å². The number of rotatable bonds is 6. The molecule has 0 saturated carbocycles. The van der Waals surface area contributed by atoms with Crippen LogP contribution in [0.2, 0.25) is 0 Å². The number of halogens is 1. The Morgan fingerprint density at radius 2 is 2.28 bits per heavy atom. The second kappa shape index (κ2) is 6.84. The molecule has 6 nitrogen and oxygen atoms in total. The van der Waals surface area contributed by atoms with Gasteiger partial charge in [0.05, 0.1) is 5.33 Å². The lowest BCUT2D eigenvalue weighted by Crippen LogP contribution is -2.66. The first-order valence-corrected chi connectivity index (χ1v) is 7.09. The van der Waals surface area contributed by atoms with Crippen LogP contribution in [0.5, 0.6) is 0 Å². The van der Waals surface area contributed by atoms with Crippen molar-refractivity contribution in [2.45, 2.75) is 25.8 Å². The number of nitrogens with one attached hydrogen (secondary N) is 1. The number of carbonyl (C=O) groups is 3. The predicted molar refractivity (Wildman–Crippen MR) is 68.6 cm³/mol. The van der Waals surface area contributed by atoms with Crippen LogP contribution in [-0.2, 0) is 14.4 Å². The number of hydrogen-bond donors (Lipinski definition) is 2. The lowest BCUT2D eigenvalue weighted by atomic mass is 10.1. The predicted octanol–water partition coefficient (Wildman–Crippen LogP) is -1.11. The van der Waals surface area contributed by atoms with Crippen molar-refractivity contribution in [3.63, 3.8) is 0 Å². The Kier molecular flexibility index (Phi) is 5.74. The van der Waals surface area contributed by atoms with Crippen molar-refractivity contribution >= 4 is 33.7 Å². The van der Waals surface area contributed by atoms with Gasteiger partial charge in [0.15, 0.2) is 0 Å². The molecule has 1 aliphatic heterocycles. The highest BCUT2D eigenvalue weighted by Crippen LogP contribution is 2.20. The lowest BCUT2D eigenvalue weighted by molar-refractivity contribution is -0.311. The Morgan fingerprint density at radius 3 is 2.78 bits per heavy atom. The van der Waals surface area contributed by atoms with E-state index in [4.69, 9.17) is 0 Å². The Hall–Kier alpha value is -0.950. The first kappa shape index (κ1) is 15.1. The Labute approximate surface area is 114 Å². The molecule has 1 saturated heterocycles. The highest BCUT2D eigenvalue weighted by molar-refractivity contribution is 9.09. The van der Waals surface area contributed by atoms with E-state index >= 15 is 0 Å². The van der Waals surface area contributed by atoms with Crippen LogP contribution in [0.1, 0.15) is 19.8 Å². The molecule has 0 spiro atoms. The van der Waals surface area contributed by atoms with Gasteiger partial charge in [-0.05, 0) is 6.42 Å². The summed E-state index contributed by atoms with van der Waals surface area (Å²) < 4.78 is 0. The third-order valence-electron chi connectivity index (χ3n) is 3.08. The fourth-order valence-electron chi connectivity index (χ4n) is 2.17. The number of carbonyl (C=O) groups excluding carboxylic acids is 3. The highest BCUT2D eigenvalue weighted by atomic mass is 79.9. The van der Waals surface area contributed by atoms with E-state index < -0.39 is 6.04 Å². The van der Waals surface area contributed by atoms with Gasteiger partial charge < -0.3 is 10.2 Å². The quantitative estimate of drug-likeness (QED) is 0.608. The van der Waals surface area contributed by atoms with Crippen LogP contribution in [0.15, 0.2) is 0 Å². The molecule has 0 aromatic rings. The van der Waals surface area contributed by atoms with Gasteiger partial charge >= 0.3 is 5.91 Å². The maximum atomic E-state index is 11.8. The third kappa shape index (κ3) is 3.78. The summed E-state index contributed by atoms with van der Waals surface area (Å²) in [5.41, 5.74) is 3.39. The fourth-order valence-corrected chi connectivity index (χ4v) is 2.37. The number of alkyl halides is 1. The maximum Gasteiger partial charge on any atom is 0.331 e. The van der Waals surface area contributed by atoms with E-state index in [9.17, 15) is 14.4 Å². The molecule has 102 valence electrons. The number of likely N-dealkylation sites (tertiary alicyclic amines) is 1. The topological polar surface area (TPSA) is 94.1 Å². The summed E-state index contributed by atoms with van der Waals surface area (Å²) in [4.78, 5) is 35.9. The van der Waals surface area contributed by atoms with Crippen molar-refractivity contribution < 1.29 is 20.1 Å². The molecule has 7 heteroatoms. The summed E-state index contributed by atoms with van der Waals surface area (Å²) in [6.45, 7) is 2.84. The van der Waals surface area contributed by atoms with Gasteiger partial charge in [-0.2, -0.15) is 0 Å². The summed E-state index contributed by atoms with van der Waals surface area (Å²) in [6, 6.07) is -0.422. The van der Waals surface area contributed by atoms with Crippen LogP contribution in [0.4, 0.5) is 0 Å². The number of amides is 3. The molecular weight excluding hydrogens is 302 g/mol. The van der Waals surface area contributed by atoms with E-state index in [0.717, 1.165) is 0 Å². The van der Waals surface area contributed by atoms with Gasteiger partial charge in [0, 0.05) is 25.4 Å². The maximum absolute atomic E-state index is 11.8. The molecule has 0 aromatic heterocycles. The minimum absolute atomic E-state index is 0.0306. The monoisotopic (exact) mass is 320 g/mol. The zero-order valence-corrected chi connectivity index (χ0v) is 12.0. The van der Waals surface area contributed by atoms with Crippen LogP contribution < -0.4 is 11.1 Å². The summed E-state index contributed by atoms with van der Waals surface area (Å²) >= 11 is 3.06. The molecule has 1 rings (SSSR count). The van der Waals surface area contributed by atoms with Crippen molar-refractivity contribution in [3.8, 4) is 0 Å². The van der Waals surface area contributed by atoms with E-state index in [-0.39, 0.29) is 29.0 Å². The Bertz CT molecular complexity index is 348. The molecule has 0 aliphatic carbocycles. The van der Waals surface area contributed by atoms with Crippen molar-refractivity contribution in [3.05, 3.63) is 0 Å². The average molecular weight is 321 g/mol. The number of nitrogens with zero attached hydrogens (tertiary/aromatic N) is 1. The van der Waals surface area contributed by atoms with Gasteiger partial charge in [-0.25, -0.2) is 4.79 Å². The molecule has 2 unspecified atom stereocenters. The van der Waals surface area contributed by atoms with Gasteiger partial charge in [0.2, 0.25) is 11.8 Å². The van der Waals surface area contributed by atoms with E-state index in [1.165, 1.54) is 0 Å². The minimum atomic E-state index is -0.422. The van der Waals surface area contributed by atoms with Crippen LogP contribution in [-0.4, -0.2) is 47.1 Å². The second-order valence-corrected chi connectivity index (χ2v) is 5.01. The second-order valence-electron chi connectivity index (χ2n) is 4.44. The van der Waals surface area contributed by atoms with Crippen LogP contribution in [0.3, 0.4) is 0 Å². The largest absolute Gasteiger partial charge is 0.355 e. The summed E-state index contributed by atoms with van der Waals surface area (Å²) in [5, 5.41) is 2.99. The van der Waals surface area contributed by atoms with Gasteiger partial charge in [-0.3, -0.25) is 15.3 Å². The van der Waals surface area contributed by atoms with E-state index in [0.29, 0.717) is 25.9 Å². The molecule has 3 amide bonds. The number of hydrogen-bond acceptors (Lipinski definition) is 3. The Balaban J connectivity index is 2.53. The third-order valence-corrected chi connectivity index (χ3v) is 3.59. The molecule has 0 radical (unpaired) electrons. The smallest absolute Gasteiger partial charge is 0.331 e. The summed E-state index contributed by atoms with van der Waals surface area (Å²) in [5.74, 6) is -0.275. The molecular formula is C11H19BrN3O3+. The SMILES string of the molecule is CCC(C([NH3+])=O)N1CC(CNC(=O)CBr)CC1=O. The molecule has 1 heterocycles. The van der Waals surface area contributed by atoms with Gasteiger partial charge in [0.1, 0.15) is 6.04 Å². The lowest BCUT2D eigenvalue weighted by Gasteiger charge is -2.22. The average Bonchev–Trinajstić information content (AvgIpc) is 2.68. The van der Waals surface area contributed by atoms with Gasteiger partial charge in [-0.15, -0.1) is 0 Å². The van der Waals surface area contributed by atoms with Crippen LogP contribution in [0, 0.1) is 5.92 Å². The fraction of sp³-hybridized carbons (Fsp3) is 0.727. The molecule has 0 aromatic carbocycles. The van der Waals surface area contributed by atoms with Crippen molar-refractivity contribution in [1.29, 1.82) is 0 Å². The highest BCUT2D eigenvalue weighted by Gasteiger charge is 2.37. The molecule has 1 fully saturated rings. The van der Waals surface area contributed by atoms with E-state index in [1.54, 1.807) is 4.90 Å². The zero-order valence-electron chi connectivity index (χ0n) is 10.4. The summed E-state index contributed by atoms with van der Waals surface area (Å²) in [7, 11) is 0. The molecule has 0 bridgehead atoms.